The van der Waals surface area contributed by atoms with E-state index in [2.05, 4.69) is 10.3 Å². The Morgan fingerprint density at radius 3 is 2.36 bits per heavy atom. The van der Waals surface area contributed by atoms with Crippen LogP contribution in [0, 0.1) is 0 Å². The lowest BCUT2D eigenvalue weighted by Gasteiger charge is -2.20. The molecule has 39 heavy (non-hydrogen) atoms. The molecular formula is C28H33ClF3N3O4. The lowest BCUT2D eigenvalue weighted by molar-refractivity contribution is -0.189. The molecule has 0 bridgehead atoms. The van der Waals surface area contributed by atoms with E-state index in [1.54, 1.807) is 13.8 Å². The van der Waals surface area contributed by atoms with Crippen molar-refractivity contribution in [3.8, 4) is 17.0 Å². The molecule has 0 aliphatic rings. The number of aliphatic hydroxyl groups is 2. The number of hydrogen-bond donors (Lipinski definition) is 3. The van der Waals surface area contributed by atoms with Crippen molar-refractivity contribution >= 4 is 17.5 Å². The Morgan fingerprint density at radius 2 is 1.85 bits per heavy atom. The van der Waals surface area contributed by atoms with E-state index < -0.39 is 29.8 Å². The first-order valence-electron chi connectivity index (χ1n) is 12.6. The van der Waals surface area contributed by atoms with Gasteiger partial charge < -0.3 is 24.8 Å². The van der Waals surface area contributed by atoms with Gasteiger partial charge in [-0.2, -0.15) is 13.2 Å². The van der Waals surface area contributed by atoms with Gasteiger partial charge in [-0.1, -0.05) is 35.9 Å². The van der Waals surface area contributed by atoms with E-state index in [9.17, 15) is 28.2 Å². The number of alkyl halides is 3. The second kappa shape index (κ2) is 12.4. The minimum Gasteiger partial charge on any atom is -0.480 e. The number of aliphatic hydroxyl groups excluding tert-OH is 1. The number of aryl methyl sites for hydroxylation is 1. The maximum absolute atomic E-state index is 12.8. The van der Waals surface area contributed by atoms with Crippen LogP contribution in [0.2, 0.25) is 5.02 Å². The molecule has 0 saturated heterocycles. The van der Waals surface area contributed by atoms with Gasteiger partial charge in [-0.3, -0.25) is 4.79 Å². The zero-order valence-electron chi connectivity index (χ0n) is 22.2. The van der Waals surface area contributed by atoms with E-state index in [1.165, 1.54) is 18.2 Å². The molecular weight excluding hydrogens is 535 g/mol. The third kappa shape index (κ3) is 7.97. The Balaban J connectivity index is 1.69. The lowest BCUT2D eigenvalue weighted by Crippen LogP contribution is -2.37. The molecule has 11 heteroatoms. The smallest absolute Gasteiger partial charge is 0.425 e. The van der Waals surface area contributed by atoms with Gasteiger partial charge in [-0.15, -0.1) is 0 Å². The molecule has 3 rings (SSSR count). The Bertz CT molecular complexity index is 1270. The van der Waals surface area contributed by atoms with Crippen molar-refractivity contribution in [3.05, 3.63) is 70.6 Å². The van der Waals surface area contributed by atoms with Crippen LogP contribution in [0.3, 0.4) is 0 Å². The molecule has 0 radical (unpaired) electrons. The predicted octanol–water partition coefficient (Wildman–Crippen LogP) is 5.50. The van der Waals surface area contributed by atoms with E-state index in [1.807, 2.05) is 42.0 Å². The maximum atomic E-state index is 12.8. The molecule has 0 unspecified atom stereocenters. The van der Waals surface area contributed by atoms with Gasteiger partial charge in [-0.25, -0.2) is 4.98 Å². The minimum atomic E-state index is -4.55. The standard InChI is InChI=1S/C28H33ClF3N3O4/c1-5-35-16-23(34-26(35)27(3,4)38)19-8-6-18(7-9-19)14-21(12-13-36)33-25(37)20-10-11-24(22(29)15-20)39-17(2)28(30,31)32/h6-11,15-17,21,36,38H,5,12-14H2,1-4H3,(H,33,37)/t17-,21-/m0/s1. The van der Waals surface area contributed by atoms with Gasteiger partial charge in [0.25, 0.3) is 5.91 Å². The zero-order chi connectivity index (χ0) is 29.0. The monoisotopic (exact) mass is 567 g/mol. The fraction of sp³-hybridized carbons (Fsp3) is 0.429. The molecule has 0 spiro atoms. The Morgan fingerprint density at radius 1 is 1.18 bits per heavy atom. The number of amides is 1. The number of aromatic nitrogens is 2. The minimum absolute atomic E-state index is 0.119. The molecule has 2 atom stereocenters. The highest BCUT2D eigenvalue weighted by molar-refractivity contribution is 6.32. The topological polar surface area (TPSA) is 96.6 Å². The molecule has 0 aliphatic carbocycles. The molecule has 0 aliphatic heterocycles. The Labute approximate surface area is 230 Å². The third-order valence-corrected chi connectivity index (χ3v) is 6.46. The van der Waals surface area contributed by atoms with E-state index in [0.29, 0.717) is 25.2 Å². The van der Waals surface area contributed by atoms with Crippen LogP contribution in [0.4, 0.5) is 13.2 Å². The summed E-state index contributed by atoms with van der Waals surface area (Å²) >= 11 is 6.07. The number of imidazole rings is 1. The number of halogens is 4. The second-order valence-electron chi connectivity index (χ2n) is 9.83. The number of benzene rings is 2. The summed E-state index contributed by atoms with van der Waals surface area (Å²) in [6.45, 7) is 6.74. The van der Waals surface area contributed by atoms with Crippen LogP contribution in [0.25, 0.3) is 11.3 Å². The van der Waals surface area contributed by atoms with Crippen molar-refractivity contribution in [2.45, 2.75) is 71.0 Å². The highest BCUT2D eigenvalue weighted by atomic mass is 35.5. The van der Waals surface area contributed by atoms with Crippen molar-refractivity contribution in [2.75, 3.05) is 6.61 Å². The molecule has 1 amide bonds. The fourth-order valence-corrected chi connectivity index (χ4v) is 4.25. The van der Waals surface area contributed by atoms with Crippen LogP contribution in [0.5, 0.6) is 5.75 Å². The van der Waals surface area contributed by atoms with Crippen LogP contribution < -0.4 is 10.1 Å². The average molecular weight is 568 g/mol. The summed E-state index contributed by atoms with van der Waals surface area (Å²) in [5.41, 5.74) is 1.59. The van der Waals surface area contributed by atoms with Crippen LogP contribution in [0.15, 0.2) is 48.7 Å². The van der Waals surface area contributed by atoms with Crippen LogP contribution in [0.1, 0.15) is 55.9 Å². The summed E-state index contributed by atoms with van der Waals surface area (Å²) in [5, 5.41) is 22.7. The van der Waals surface area contributed by atoms with Crippen molar-refractivity contribution < 1.29 is 32.9 Å². The first-order valence-corrected chi connectivity index (χ1v) is 12.9. The lowest BCUT2D eigenvalue weighted by atomic mass is 10.0. The maximum Gasteiger partial charge on any atom is 0.425 e. The summed E-state index contributed by atoms with van der Waals surface area (Å²) in [4.78, 5) is 17.4. The molecule has 1 aromatic heterocycles. The third-order valence-electron chi connectivity index (χ3n) is 6.17. The average Bonchev–Trinajstić information content (AvgIpc) is 3.30. The molecule has 1 heterocycles. The van der Waals surface area contributed by atoms with Gasteiger partial charge in [-0.05, 0) is 64.3 Å². The number of nitrogens with zero attached hydrogens (tertiary/aromatic N) is 2. The largest absolute Gasteiger partial charge is 0.480 e. The van der Waals surface area contributed by atoms with Gasteiger partial charge in [0.05, 0.1) is 10.7 Å². The van der Waals surface area contributed by atoms with Gasteiger partial charge in [0.15, 0.2) is 6.10 Å². The molecule has 2 aromatic carbocycles. The van der Waals surface area contributed by atoms with Gasteiger partial charge in [0, 0.05) is 36.5 Å². The van der Waals surface area contributed by atoms with Crippen LogP contribution >= 0.6 is 11.6 Å². The number of carbonyl (C=O) groups excluding carboxylic acids is 1. The van der Waals surface area contributed by atoms with E-state index in [-0.39, 0.29) is 22.9 Å². The van der Waals surface area contributed by atoms with E-state index >= 15 is 0 Å². The summed E-state index contributed by atoms with van der Waals surface area (Å²) < 4.78 is 45.1. The molecule has 0 fully saturated rings. The van der Waals surface area contributed by atoms with Crippen molar-refractivity contribution in [3.63, 3.8) is 0 Å². The normalized spacial score (nSPS) is 13.7. The van der Waals surface area contributed by atoms with Crippen molar-refractivity contribution in [2.24, 2.45) is 0 Å². The number of hydrogen-bond acceptors (Lipinski definition) is 5. The molecule has 7 nitrogen and oxygen atoms in total. The quantitative estimate of drug-likeness (QED) is 0.284. The summed E-state index contributed by atoms with van der Waals surface area (Å²) in [7, 11) is 0. The van der Waals surface area contributed by atoms with Crippen LogP contribution in [-0.4, -0.2) is 50.6 Å². The molecule has 3 aromatic rings. The predicted molar refractivity (Wildman–Crippen MR) is 143 cm³/mol. The highest BCUT2D eigenvalue weighted by Crippen LogP contribution is 2.31. The molecule has 0 saturated carbocycles. The van der Waals surface area contributed by atoms with Gasteiger partial charge in [0.1, 0.15) is 17.2 Å². The zero-order valence-corrected chi connectivity index (χ0v) is 23.0. The summed E-state index contributed by atoms with van der Waals surface area (Å²) in [6.07, 6.45) is -3.99. The Kier molecular flexibility index (Phi) is 9.69. The number of carbonyl (C=O) groups is 1. The highest BCUT2D eigenvalue weighted by Gasteiger charge is 2.38. The number of rotatable bonds is 11. The summed E-state index contributed by atoms with van der Waals surface area (Å²) in [5.74, 6) is -0.0838. The molecule has 212 valence electrons. The first kappa shape index (κ1) is 30.5. The van der Waals surface area contributed by atoms with Crippen LogP contribution in [-0.2, 0) is 18.6 Å². The van der Waals surface area contributed by atoms with Gasteiger partial charge >= 0.3 is 6.18 Å². The fourth-order valence-electron chi connectivity index (χ4n) is 4.03. The van der Waals surface area contributed by atoms with E-state index in [4.69, 9.17) is 16.3 Å². The SMILES string of the molecule is CCn1cc(-c2ccc(C[C@H](CCO)NC(=O)c3ccc(O[C@@H](C)C(F)(F)F)c(Cl)c3)cc2)nc1C(C)(C)O. The van der Waals surface area contributed by atoms with Gasteiger partial charge in [0.2, 0.25) is 0 Å². The second-order valence-corrected chi connectivity index (χ2v) is 10.2. The van der Waals surface area contributed by atoms with Crippen molar-refractivity contribution in [1.82, 2.24) is 14.9 Å². The van der Waals surface area contributed by atoms with E-state index in [0.717, 1.165) is 23.7 Å². The Hall–Kier alpha value is -3.08. The number of ether oxygens (including phenoxy) is 1. The first-order chi connectivity index (χ1) is 18.2. The number of nitrogens with one attached hydrogen (secondary N) is 1. The van der Waals surface area contributed by atoms with Crippen molar-refractivity contribution in [1.29, 1.82) is 0 Å². The molecule has 3 N–H and O–H groups in total. The summed E-state index contributed by atoms with van der Waals surface area (Å²) in [6, 6.07) is 11.0.